The Kier molecular flexibility index (Phi) is 11.9. The van der Waals surface area contributed by atoms with Gasteiger partial charge in [0.05, 0.1) is 18.1 Å². The summed E-state index contributed by atoms with van der Waals surface area (Å²) < 4.78 is 55.9. The van der Waals surface area contributed by atoms with Crippen molar-refractivity contribution in [2.75, 3.05) is 57.1 Å². The summed E-state index contributed by atoms with van der Waals surface area (Å²) in [6.07, 6.45) is -1.34. The highest BCUT2D eigenvalue weighted by atomic mass is 28.3. The number of aryl methyl sites for hydroxylation is 1. The van der Waals surface area contributed by atoms with Crippen molar-refractivity contribution in [2.45, 2.75) is 59.0 Å². The first kappa shape index (κ1) is 38.0. The molecule has 1 aliphatic heterocycles. The van der Waals surface area contributed by atoms with Crippen LogP contribution in [0.25, 0.3) is 11.0 Å². The van der Waals surface area contributed by atoms with Crippen molar-refractivity contribution in [3.63, 3.8) is 0 Å². The molecule has 2 N–H and O–H groups in total. The monoisotopic (exact) mass is 724 g/mol. The van der Waals surface area contributed by atoms with Gasteiger partial charge in [0.2, 0.25) is 0 Å². The summed E-state index contributed by atoms with van der Waals surface area (Å²) in [5.74, 6) is -0.823. The maximum atomic E-state index is 14.2. The number of aromatic nitrogens is 2. The van der Waals surface area contributed by atoms with Gasteiger partial charge in [-0.15, -0.1) is 0 Å². The van der Waals surface area contributed by atoms with E-state index in [1.807, 2.05) is 21.7 Å². The molecular formula is C37H47F3N6O4Si. The highest BCUT2D eigenvalue weighted by Gasteiger charge is 2.35. The zero-order valence-electron chi connectivity index (χ0n) is 30.1. The summed E-state index contributed by atoms with van der Waals surface area (Å²) in [5.41, 5.74) is 1.44. The minimum Gasteiger partial charge on any atom is -0.495 e. The fourth-order valence-corrected chi connectivity index (χ4v) is 6.75. The molecule has 10 nitrogen and oxygen atoms in total. The molecule has 2 aromatic carbocycles. The van der Waals surface area contributed by atoms with Crippen LogP contribution in [0, 0.1) is 6.92 Å². The van der Waals surface area contributed by atoms with Crippen LogP contribution in [0.2, 0.25) is 25.7 Å². The average Bonchev–Trinajstić information content (AvgIpc) is 3.50. The largest absolute Gasteiger partial charge is 0.495 e. The normalized spacial score (nSPS) is 14.5. The first-order valence-corrected chi connectivity index (χ1v) is 20.9. The lowest BCUT2D eigenvalue weighted by Crippen LogP contribution is -2.45. The third kappa shape index (κ3) is 9.55. The molecule has 3 heterocycles. The molecule has 0 spiro atoms. The number of ether oxygens (including phenoxy) is 2. The Bertz CT molecular complexity index is 1870. The van der Waals surface area contributed by atoms with Crippen LogP contribution in [-0.2, 0) is 24.2 Å². The van der Waals surface area contributed by atoms with E-state index in [4.69, 9.17) is 9.47 Å². The van der Waals surface area contributed by atoms with Crippen LogP contribution < -0.4 is 15.4 Å². The van der Waals surface area contributed by atoms with Crippen LogP contribution in [-0.4, -0.2) is 85.7 Å². The Morgan fingerprint density at radius 2 is 1.69 bits per heavy atom. The van der Waals surface area contributed by atoms with Gasteiger partial charge in [0.15, 0.2) is 0 Å². The van der Waals surface area contributed by atoms with Crippen LogP contribution in [0.15, 0.2) is 54.9 Å². The lowest BCUT2D eigenvalue weighted by molar-refractivity contribution is -0.138. The topological polar surface area (TPSA) is 101 Å². The molecular weight excluding hydrogens is 678 g/mol. The standard InChI is InChI=1S/C37H47F3N6O4Si/c1-7-44-14-16-45(17-15-44)23-27-10-9-26(20-31(27)37(38,39)40)35(47)42-28-11-8-25(2)32(21-28)43-36(48)30-22-41-34-29(33(30)49-3)12-13-46(34)24-50-18-19-51(4,5)6/h8-13,20-22H,7,14-19,23-24H2,1-6H3,(H,42,47)(H,43,48). The number of piperazine rings is 1. The molecule has 0 atom stereocenters. The zero-order chi connectivity index (χ0) is 36.9. The number of hydrogen-bond acceptors (Lipinski definition) is 7. The number of nitrogens with one attached hydrogen (secondary N) is 2. The van der Waals surface area contributed by atoms with Crippen LogP contribution in [0.5, 0.6) is 5.75 Å². The van der Waals surface area contributed by atoms with Crippen LogP contribution >= 0.6 is 0 Å². The molecule has 0 saturated carbocycles. The van der Waals surface area contributed by atoms with Gasteiger partial charge in [-0.25, -0.2) is 4.98 Å². The number of anilines is 2. The lowest BCUT2D eigenvalue weighted by atomic mass is 10.0. The van der Waals surface area contributed by atoms with Gasteiger partial charge in [0.25, 0.3) is 11.8 Å². The van der Waals surface area contributed by atoms with Crippen molar-refractivity contribution >= 4 is 42.3 Å². The molecule has 0 radical (unpaired) electrons. The molecule has 2 aromatic heterocycles. The van der Waals surface area contributed by atoms with E-state index in [2.05, 4.69) is 47.1 Å². The quantitative estimate of drug-likeness (QED) is 0.110. The average molecular weight is 725 g/mol. The maximum absolute atomic E-state index is 14.2. The Balaban J connectivity index is 1.28. The van der Waals surface area contributed by atoms with Crippen LogP contribution in [0.4, 0.5) is 24.5 Å². The maximum Gasteiger partial charge on any atom is 0.416 e. The van der Waals surface area contributed by atoms with E-state index in [9.17, 15) is 22.8 Å². The fraction of sp³-hybridized carbons (Fsp3) is 0.432. The molecule has 14 heteroatoms. The number of alkyl halides is 3. The van der Waals surface area contributed by atoms with Gasteiger partial charge in [-0.05, 0) is 61.0 Å². The number of amides is 2. The third-order valence-corrected chi connectivity index (χ3v) is 10.8. The molecule has 5 rings (SSSR count). The van der Waals surface area contributed by atoms with Gasteiger partial charge in [0, 0.05) is 76.7 Å². The number of nitrogens with zero attached hydrogens (tertiary/aromatic N) is 4. The van der Waals surface area contributed by atoms with Crippen molar-refractivity contribution in [3.05, 3.63) is 82.7 Å². The predicted octanol–water partition coefficient (Wildman–Crippen LogP) is 7.33. The first-order chi connectivity index (χ1) is 24.2. The summed E-state index contributed by atoms with van der Waals surface area (Å²) in [6.45, 7) is 15.8. The highest BCUT2D eigenvalue weighted by Crippen LogP contribution is 2.34. The molecule has 274 valence electrons. The van der Waals surface area contributed by atoms with E-state index >= 15 is 0 Å². The second-order valence-corrected chi connectivity index (χ2v) is 19.7. The van der Waals surface area contributed by atoms with Gasteiger partial charge < -0.3 is 29.6 Å². The van der Waals surface area contributed by atoms with Crippen molar-refractivity contribution in [1.29, 1.82) is 0 Å². The van der Waals surface area contributed by atoms with E-state index in [0.29, 0.717) is 60.1 Å². The SMILES string of the molecule is CCN1CCN(Cc2ccc(C(=O)Nc3ccc(C)c(NC(=O)c4cnc5c(ccn5COCC[Si](C)(C)C)c4OC)c3)cc2C(F)(F)F)CC1. The van der Waals surface area contributed by atoms with Gasteiger partial charge in [0.1, 0.15) is 23.7 Å². The number of fused-ring (bicyclic) bond motifs is 1. The van der Waals surface area contributed by atoms with E-state index in [1.165, 1.54) is 25.4 Å². The molecule has 0 aliphatic carbocycles. The van der Waals surface area contributed by atoms with E-state index in [1.54, 1.807) is 25.1 Å². The molecule has 1 aliphatic rings. The summed E-state index contributed by atoms with van der Waals surface area (Å²) in [5, 5.41) is 6.21. The zero-order valence-corrected chi connectivity index (χ0v) is 31.1. The molecule has 51 heavy (non-hydrogen) atoms. The smallest absolute Gasteiger partial charge is 0.416 e. The van der Waals surface area contributed by atoms with E-state index in [-0.39, 0.29) is 23.2 Å². The highest BCUT2D eigenvalue weighted by molar-refractivity contribution is 6.76. The van der Waals surface area contributed by atoms with Gasteiger partial charge in [-0.3, -0.25) is 14.5 Å². The number of methoxy groups -OCH3 is 1. The molecule has 0 bridgehead atoms. The number of benzene rings is 2. The van der Waals surface area contributed by atoms with E-state index in [0.717, 1.165) is 31.7 Å². The predicted molar refractivity (Wildman–Crippen MR) is 196 cm³/mol. The Morgan fingerprint density at radius 1 is 0.961 bits per heavy atom. The van der Waals surface area contributed by atoms with Gasteiger partial charge in [-0.2, -0.15) is 13.2 Å². The Hall–Kier alpha value is -4.24. The van der Waals surface area contributed by atoms with Crippen LogP contribution in [0.1, 0.15) is 44.3 Å². The first-order valence-electron chi connectivity index (χ1n) is 17.1. The number of halogens is 3. The summed E-state index contributed by atoms with van der Waals surface area (Å²) in [6, 6.07) is 11.5. The summed E-state index contributed by atoms with van der Waals surface area (Å²) >= 11 is 0. The summed E-state index contributed by atoms with van der Waals surface area (Å²) in [7, 11) is 0.259. The lowest BCUT2D eigenvalue weighted by Gasteiger charge is -2.34. The summed E-state index contributed by atoms with van der Waals surface area (Å²) in [4.78, 5) is 35.6. The van der Waals surface area contributed by atoms with Crippen LogP contribution in [0.3, 0.4) is 0 Å². The van der Waals surface area contributed by atoms with Crippen molar-refractivity contribution in [1.82, 2.24) is 19.4 Å². The second kappa shape index (κ2) is 16.0. The van der Waals surface area contributed by atoms with Crippen molar-refractivity contribution in [2.24, 2.45) is 0 Å². The van der Waals surface area contributed by atoms with Gasteiger partial charge >= 0.3 is 6.18 Å². The molecule has 1 fully saturated rings. The molecule has 0 unspecified atom stereocenters. The minimum absolute atomic E-state index is 0.120. The fourth-order valence-electron chi connectivity index (χ4n) is 5.99. The number of rotatable bonds is 13. The van der Waals surface area contributed by atoms with E-state index < -0.39 is 31.6 Å². The number of pyridine rings is 1. The molecule has 1 saturated heterocycles. The Labute approximate surface area is 297 Å². The molecule has 2 amide bonds. The van der Waals surface area contributed by atoms with Crippen molar-refractivity contribution in [3.8, 4) is 5.75 Å². The number of carbonyl (C=O) groups excluding carboxylic acids is 2. The Morgan fingerprint density at radius 3 is 2.35 bits per heavy atom. The molecule has 4 aromatic rings. The van der Waals surface area contributed by atoms with Gasteiger partial charge in [-0.1, -0.05) is 38.7 Å². The number of carbonyl (C=O) groups is 2. The van der Waals surface area contributed by atoms with Crippen molar-refractivity contribution < 1.29 is 32.2 Å². The second-order valence-electron chi connectivity index (χ2n) is 14.1. The third-order valence-electron chi connectivity index (χ3n) is 9.14. The minimum atomic E-state index is -4.62. The number of hydrogen-bond donors (Lipinski definition) is 2. The number of likely N-dealkylation sites (N-methyl/N-ethyl adjacent to an activating group) is 1.